The van der Waals surface area contributed by atoms with Crippen LogP contribution in [0.4, 0.5) is 10.6 Å². The average Bonchev–Trinajstić information content (AvgIpc) is 3.42. The van der Waals surface area contributed by atoms with Gasteiger partial charge in [-0.25, -0.2) is 14.8 Å². The summed E-state index contributed by atoms with van der Waals surface area (Å²) < 4.78 is 14.1. The number of carbonyl (C=O) groups is 1. The summed E-state index contributed by atoms with van der Waals surface area (Å²) in [7, 11) is 1.64. The molecule has 1 unspecified atom stereocenters. The van der Waals surface area contributed by atoms with E-state index >= 15 is 0 Å². The molecule has 0 radical (unpaired) electrons. The molecule has 3 N–H and O–H groups in total. The Kier molecular flexibility index (Phi) is 8.11. The van der Waals surface area contributed by atoms with Crippen LogP contribution in [0.1, 0.15) is 59.4 Å². The van der Waals surface area contributed by atoms with Gasteiger partial charge in [0.15, 0.2) is 11.5 Å². The van der Waals surface area contributed by atoms with Crippen LogP contribution in [0.25, 0.3) is 22.2 Å². The number of para-hydroxylation sites is 1. The number of amides is 1. The van der Waals surface area contributed by atoms with E-state index in [-0.39, 0.29) is 11.5 Å². The van der Waals surface area contributed by atoms with E-state index in [1.165, 1.54) is 6.33 Å². The van der Waals surface area contributed by atoms with Crippen LogP contribution in [-0.4, -0.2) is 73.9 Å². The number of hydrogen-bond donors (Lipinski definition) is 2. The summed E-state index contributed by atoms with van der Waals surface area (Å²) in [6.45, 7) is 10.6. The third kappa shape index (κ3) is 5.67. The second-order valence-corrected chi connectivity index (χ2v) is 13.6. The van der Waals surface area contributed by atoms with Crippen molar-refractivity contribution in [3.05, 3.63) is 61.1 Å². The molecule has 1 aliphatic carbocycles. The van der Waals surface area contributed by atoms with Gasteiger partial charge in [0.2, 0.25) is 0 Å². The van der Waals surface area contributed by atoms with E-state index in [1.807, 2.05) is 48.5 Å². The van der Waals surface area contributed by atoms with Crippen molar-refractivity contribution in [1.29, 1.82) is 0 Å². The minimum Gasteiger partial charge on any atom is -0.493 e. The Hall–Kier alpha value is -4.31. The number of ether oxygens (including phenoxy) is 2. The molecule has 10 nitrogen and oxygen atoms in total. The number of carboxylic acid groups (broad SMARTS) is 1. The Labute approximate surface area is 264 Å². The minimum atomic E-state index is -0.830. The van der Waals surface area contributed by atoms with Crippen molar-refractivity contribution in [2.24, 2.45) is 5.41 Å². The van der Waals surface area contributed by atoms with Gasteiger partial charge in [-0.3, -0.25) is 9.80 Å². The van der Waals surface area contributed by atoms with Gasteiger partial charge in [-0.05, 0) is 67.9 Å². The van der Waals surface area contributed by atoms with Crippen LogP contribution in [0.15, 0.2) is 61.1 Å². The molecule has 2 fully saturated rings. The molecule has 4 aromatic rings. The van der Waals surface area contributed by atoms with Gasteiger partial charge in [0.1, 0.15) is 23.5 Å². The summed E-state index contributed by atoms with van der Waals surface area (Å²) in [5, 5.41) is 10.8. The van der Waals surface area contributed by atoms with Gasteiger partial charge < -0.3 is 24.9 Å². The summed E-state index contributed by atoms with van der Waals surface area (Å²) in [5.74, 6) is 2.44. The van der Waals surface area contributed by atoms with Gasteiger partial charge in [-0.2, -0.15) is 0 Å². The highest BCUT2D eigenvalue weighted by atomic mass is 16.5. The summed E-state index contributed by atoms with van der Waals surface area (Å²) in [5.41, 5.74) is 8.57. The molecular formula is C35H44N6O4. The molecule has 6 rings (SSSR count). The van der Waals surface area contributed by atoms with Crippen LogP contribution in [0, 0.1) is 5.41 Å². The van der Waals surface area contributed by atoms with E-state index < -0.39 is 11.6 Å². The van der Waals surface area contributed by atoms with Crippen molar-refractivity contribution in [3.8, 4) is 28.4 Å². The first kappa shape index (κ1) is 30.7. The van der Waals surface area contributed by atoms with Crippen molar-refractivity contribution in [2.75, 3.05) is 32.5 Å². The number of nitrogens with zero attached hydrogens (tertiary/aromatic N) is 5. The number of anilines is 1. The van der Waals surface area contributed by atoms with Crippen molar-refractivity contribution in [1.82, 2.24) is 24.3 Å². The maximum absolute atomic E-state index is 12.1. The zero-order chi connectivity index (χ0) is 31.9. The van der Waals surface area contributed by atoms with E-state index in [9.17, 15) is 9.90 Å². The normalized spacial score (nSPS) is 22.8. The lowest BCUT2D eigenvalue weighted by Crippen LogP contribution is -2.68. The number of hydrogen-bond acceptors (Lipinski definition) is 7. The summed E-state index contributed by atoms with van der Waals surface area (Å²) >= 11 is 0. The highest BCUT2D eigenvalue weighted by Gasteiger charge is 2.49. The molecule has 1 saturated carbocycles. The number of methoxy groups -OCH3 is 1. The van der Waals surface area contributed by atoms with E-state index in [0.29, 0.717) is 29.9 Å². The molecule has 10 heteroatoms. The van der Waals surface area contributed by atoms with Crippen molar-refractivity contribution < 1.29 is 19.4 Å². The first-order chi connectivity index (χ1) is 21.5. The lowest BCUT2D eigenvalue weighted by molar-refractivity contribution is -0.0607. The Bertz CT molecular complexity index is 1670. The maximum Gasteiger partial charge on any atom is 0.407 e. The molecule has 45 heavy (non-hydrogen) atoms. The molecule has 1 aliphatic heterocycles. The monoisotopic (exact) mass is 612 g/mol. The number of benzene rings is 2. The van der Waals surface area contributed by atoms with E-state index in [4.69, 9.17) is 20.2 Å². The van der Waals surface area contributed by atoms with Gasteiger partial charge in [0.05, 0.1) is 18.0 Å². The zero-order valence-electron chi connectivity index (χ0n) is 26.9. The molecule has 0 spiro atoms. The predicted molar refractivity (Wildman–Crippen MR) is 176 cm³/mol. The SMILES string of the molecule is COc1cc(-c2cn(C3CCC(N4CCN(C(=O)O)C(C)(C(C)(C)C)C4)CC3)c3ncnc(N)c23)ccc1Oc1ccccc1. The van der Waals surface area contributed by atoms with Crippen LogP contribution < -0.4 is 15.2 Å². The predicted octanol–water partition coefficient (Wildman–Crippen LogP) is 7.07. The first-order valence-corrected chi connectivity index (χ1v) is 15.8. The number of nitrogens with two attached hydrogens (primary N) is 1. The third-order valence-corrected chi connectivity index (χ3v) is 10.2. The molecule has 3 heterocycles. The van der Waals surface area contributed by atoms with Crippen LogP contribution >= 0.6 is 0 Å². The van der Waals surface area contributed by atoms with E-state index in [0.717, 1.165) is 66.7 Å². The van der Waals surface area contributed by atoms with Crippen molar-refractivity contribution in [3.63, 3.8) is 0 Å². The molecule has 1 atom stereocenters. The highest BCUT2D eigenvalue weighted by Crippen LogP contribution is 2.44. The third-order valence-electron chi connectivity index (χ3n) is 10.2. The second-order valence-electron chi connectivity index (χ2n) is 13.6. The van der Waals surface area contributed by atoms with Gasteiger partial charge in [0, 0.05) is 43.5 Å². The summed E-state index contributed by atoms with van der Waals surface area (Å²) in [4.78, 5) is 25.4. The molecule has 2 aliphatic rings. The van der Waals surface area contributed by atoms with Gasteiger partial charge in [0.25, 0.3) is 0 Å². The Morgan fingerprint density at radius 1 is 1.00 bits per heavy atom. The first-order valence-electron chi connectivity index (χ1n) is 15.8. The standard InChI is InChI=1S/C35H44N6O4/c1-34(2,3)35(4)21-39(17-18-41(35)33(42)43)24-12-14-25(15-13-24)40-20-27(30-31(36)37-22-38-32(30)40)23-11-16-28(29(19-23)44-5)45-26-9-7-6-8-10-26/h6-11,16,19-20,22,24-25H,12-15,17-18,21H2,1-5H3,(H,42,43)(H2,36,37,38). The number of aromatic nitrogens is 3. The fraction of sp³-hybridized carbons (Fsp3) is 0.457. The highest BCUT2D eigenvalue weighted by molar-refractivity contribution is 6.01. The van der Waals surface area contributed by atoms with Crippen LogP contribution in [0.5, 0.6) is 17.2 Å². The number of fused-ring (bicyclic) bond motifs is 1. The van der Waals surface area contributed by atoms with E-state index in [2.05, 4.69) is 48.3 Å². The zero-order valence-corrected chi connectivity index (χ0v) is 26.9. The van der Waals surface area contributed by atoms with Crippen LogP contribution in [0.3, 0.4) is 0 Å². The molecule has 1 saturated heterocycles. The van der Waals surface area contributed by atoms with Gasteiger partial charge in [-0.1, -0.05) is 45.0 Å². The Morgan fingerprint density at radius 3 is 2.38 bits per heavy atom. The second kappa shape index (κ2) is 11.9. The molecular weight excluding hydrogens is 568 g/mol. The summed E-state index contributed by atoms with van der Waals surface area (Å²) in [6.07, 6.45) is 6.93. The number of piperazine rings is 1. The van der Waals surface area contributed by atoms with Crippen molar-refractivity contribution in [2.45, 2.75) is 71.0 Å². The lowest BCUT2D eigenvalue weighted by Gasteiger charge is -2.56. The average molecular weight is 613 g/mol. The Balaban J connectivity index is 1.24. The molecule has 2 aromatic carbocycles. The smallest absolute Gasteiger partial charge is 0.407 e. The molecule has 0 bridgehead atoms. The number of nitrogen functional groups attached to an aromatic ring is 1. The largest absolute Gasteiger partial charge is 0.493 e. The van der Waals surface area contributed by atoms with Gasteiger partial charge >= 0.3 is 6.09 Å². The fourth-order valence-corrected chi connectivity index (χ4v) is 7.14. The fourth-order valence-electron chi connectivity index (χ4n) is 7.14. The molecule has 2 aromatic heterocycles. The Morgan fingerprint density at radius 2 is 1.71 bits per heavy atom. The van der Waals surface area contributed by atoms with Gasteiger partial charge in [-0.15, -0.1) is 0 Å². The quantitative estimate of drug-likeness (QED) is 0.237. The van der Waals surface area contributed by atoms with Crippen LogP contribution in [-0.2, 0) is 0 Å². The minimum absolute atomic E-state index is 0.185. The summed E-state index contributed by atoms with van der Waals surface area (Å²) in [6, 6.07) is 16.2. The topological polar surface area (TPSA) is 119 Å². The van der Waals surface area contributed by atoms with Crippen molar-refractivity contribution >= 4 is 22.9 Å². The van der Waals surface area contributed by atoms with Crippen LogP contribution in [0.2, 0.25) is 0 Å². The number of rotatable bonds is 6. The van der Waals surface area contributed by atoms with E-state index in [1.54, 1.807) is 12.0 Å². The maximum atomic E-state index is 12.1. The molecule has 238 valence electrons. The molecule has 1 amide bonds. The lowest BCUT2D eigenvalue weighted by atomic mass is 9.72.